The first-order valence-electron chi connectivity index (χ1n) is 7.14. The first kappa shape index (κ1) is 15.3. The Morgan fingerprint density at radius 2 is 1.71 bits per heavy atom. The second kappa shape index (κ2) is 7.60. The Morgan fingerprint density at radius 3 is 2.43 bits per heavy atom. The summed E-state index contributed by atoms with van der Waals surface area (Å²) < 4.78 is 5.31. The van der Waals surface area contributed by atoms with E-state index in [0.717, 1.165) is 35.4 Å². The van der Waals surface area contributed by atoms with Gasteiger partial charge in [-0.2, -0.15) is 0 Å². The molecule has 2 aromatic rings. The van der Waals surface area contributed by atoms with Crippen LogP contribution in [0, 0.1) is 0 Å². The summed E-state index contributed by atoms with van der Waals surface area (Å²) in [5.74, 6) is 0.893. The molecule has 0 aliphatic rings. The highest BCUT2D eigenvalue weighted by Gasteiger charge is 2.13. The fraction of sp³-hybridized carbons (Fsp3) is 0.278. The Morgan fingerprint density at radius 1 is 1.05 bits per heavy atom. The van der Waals surface area contributed by atoms with E-state index in [0.29, 0.717) is 6.42 Å². The topological polar surface area (TPSA) is 38.3 Å². The van der Waals surface area contributed by atoms with E-state index in [1.165, 1.54) is 0 Å². The van der Waals surface area contributed by atoms with Crippen molar-refractivity contribution in [2.75, 3.05) is 20.7 Å². The standard InChI is InChI=1S/C18H21NO2/c1-19-12-11-14-7-3-5-9-16(14)17(20)13-15-8-4-6-10-18(15)21-2/h3-10,19H,11-13H2,1-2H3. The lowest BCUT2D eigenvalue weighted by atomic mass is 9.96. The predicted molar refractivity (Wildman–Crippen MR) is 85.1 cm³/mol. The number of carbonyl (C=O) groups is 1. The number of likely N-dealkylation sites (N-methyl/N-ethyl adjacent to an activating group) is 1. The monoisotopic (exact) mass is 283 g/mol. The number of Topliss-reactive ketones (excluding diaryl/α,β-unsaturated/α-hetero) is 1. The number of carbonyl (C=O) groups excluding carboxylic acids is 1. The van der Waals surface area contributed by atoms with Crippen molar-refractivity contribution in [2.24, 2.45) is 0 Å². The van der Waals surface area contributed by atoms with Crippen LogP contribution in [-0.2, 0) is 12.8 Å². The van der Waals surface area contributed by atoms with Crippen LogP contribution >= 0.6 is 0 Å². The van der Waals surface area contributed by atoms with Crippen LogP contribution in [-0.4, -0.2) is 26.5 Å². The molecule has 0 aromatic heterocycles. The summed E-state index contributed by atoms with van der Waals surface area (Å²) >= 11 is 0. The minimum atomic E-state index is 0.131. The Labute approximate surface area is 126 Å². The Balaban J connectivity index is 2.20. The fourth-order valence-electron chi connectivity index (χ4n) is 2.39. The van der Waals surface area contributed by atoms with Crippen LogP contribution in [0.3, 0.4) is 0 Å². The lowest BCUT2D eigenvalue weighted by molar-refractivity contribution is 0.0991. The molecule has 0 amide bonds. The van der Waals surface area contributed by atoms with Crippen molar-refractivity contribution in [1.82, 2.24) is 5.32 Å². The van der Waals surface area contributed by atoms with Gasteiger partial charge in [-0.25, -0.2) is 0 Å². The number of hydrogen-bond acceptors (Lipinski definition) is 3. The summed E-state index contributed by atoms with van der Waals surface area (Å²) in [7, 11) is 3.55. The number of hydrogen-bond donors (Lipinski definition) is 1. The molecule has 0 saturated carbocycles. The molecule has 21 heavy (non-hydrogen) atoms. The maximum atomic E-state index is 12.6. The summed E-state index contributed by atoms with van der Waals surface area (Å²) in [5.41, 5.74) is 2.82. The summed E-state index contributed by atoms with van der Waals surface area (Å²) in [5, 5.41) is 3.12. The van der Waals surface area contributed by atoms with Crippen molar-refractivity contribution in [1.29, 1.82) is 0 Å². The minimum Gasteiger partial charge on any atom is -0.496 e. The highest BCUT2D eigenvalue weighted by atomic mass is 16.5. The van der Waals surface area contributed by atoms with E-state index in [-0.39, 0.29) is 5.78 Å². The molecule has 0 saturated heterocycles. The predicted octanol–water partition coefficient (Wildman–Crippen LogP) is 2.88. The molecule has 3 heteroatoms. The van der Waals surface area contributed by atoms with E-state index in [2.05, 4.69) is 5.32 Å². The van der Waals surface area contributed by atoms with Gasteiger partial charge in [-0.3, -0.25) is 4.79 Å². The van der Waals surface area contributed by atoms with Crippen LogP contribution < -0.4 is 10.1 Å². The second-order valence-corrected chi connectivity index (χ2v) is 4.92. The molecule has 0 aliphatic heterocycles. The van der Waals surface area contributed by atoms with E-state index in [9.17, 15) is 4.79 Å². The molecule has 2 aromatic carbocycles. The molecule has 3 nitrogen and oxygen atoms in total. The van der Waals surface area contributed by atoms with Gasteiger partial charge in [0.15, 0.2) is 5.78 Å². The molecule has 2 rings (SSSR count). The van der Waals surface area contributed by atoms with Gasteiger partial charge in [-0.05, 0) is 31.6 Å². The number of ether oxygens (including phenoxy) is 1. The van der Waals surface area contributed by atoms with Crippen LogP contribution in [0.5, 0.6) is 5.75 Å². The van der Waals surface area contributed by atoms with Gasteiger partial charge >= 0.3 is 0 Å². The summed E-state index contributed by atoms with van der Waals surface area (Å²) in [6, 6.07) is 15.5. The molecular formula is C18H21NO2. The van der Waals surface area contributed by atoms with E-state index in [1.807, 2.05) is 55.6 Å². The lowest BCUT2D eigenvalue weighted by Crippen LogP contribution is -2.14. The fourth-order valence-corrected chi connectivity index (χ4v) is 2.39. The molecule has 0 bridgehead atoms. The second-order valence-electron chi connectivity index (χ2n) is 4.92. The van der Waals surface area contributed by atoms with E-state index >= 15 is 0 Å². The number of methoxy groups -OCH3 is 1. The molecule has 0 unspecified atom stereocenters. The largest absolute Gasteiger partial charge is 0.496 e. The molecule has 110 valence electrons. The van der Waals surface area contributed by atoms with Crippen LogP contribution in [0.4, 0.5) is 0 Å². The number of benzene rings is 2. The Bertz CT molecular complexity index is 608. The first-order chi connectivity index (χ1) is 10.3. The summed E-state index contributed by atoms with van der Waals surface area (Å²) in [6.45, 7) is 0.860. The van der Waals surface area contributed by atoms with Gasteiger partial charge < -0.3 is 10.1 Å². The van der Waals surface area contributed by atoms with Gasteiger partial charge in [0.05, 0.1) is 7.11 Å². The molecule has 0 fully saturated rings. The van der Waals surface area contributed by atoms with E-state index in [1.54, 1.807) is 7.11 Å². The van der Waals surface area contributed by atoms with Crippen molar-refractivity contribution in [3.05, 3.63) is 65.2 Å². The zero-order chi connectivity index (χ0) is 15.1. The van der Waals surface area contributed by atoms with E-state index in [4.69, 9.17) is 4.74 Å². The highest BCUT2D eigenvalue weighted by molar-refractivity contribution is 5.99. The molecule has 0 aliphatic carbocycles. The van der Waals surface area contributed by atoms with Gasteiger partial charge in [-0.1, -0.05) is 42.5 Å². The van der Waals surface area contributed by atoms with Gasteiger partial charge in [0.2, 0.25) is 0 Å². The third-order valence-electron chi connectivity index (χ3n) is 3.51. The van der Waals surface area contributed by atoms with Crippen molar-refractivity contribution in [3.63, 3.8) is 0 Å². The number of rotatable bonds is 7. The zero-order valence-electron chi connectivity index (χ0n) is 12.6. The third kappa shape index (κ3) is 3.92. The molecule has 0 spiro atoms. The van der Waals surface area contributed by atoms with Gasteiger partial charge in [0, 0.05) is 17.5 Å². The normalized spacial score (nSPS) is 10.4. The summed E-state index contributed by atoms with van der Waals surface area (Å²) in [6.07, 6.45) is 1.21. The van der Waals surface area contributed by atoms with Crippen LogP contribution in [0.2, 0.25) is 0 Å². The number of para-hydroxylation sites is 1. The van der Waals surface area contributed by atoms with Crippen molar-refractivity contribution in [3.8, 4) is 5.75 Å². The molecule has 1 N–H and O–H groups in total. The zero-order valence-corrected chi connectivity index (χ0v) is 12.6. The first-order valence-corrected chi connectivity index (χ1v) is 7.14. The maximum absolute atomic E-state index is 12.6. The van der Waals surface area contributed by atoms with Crippen LogP contribution in [0.25, 0.3) is 0 Å². The van der Waals surface area contributed by atoms with Crippen molar-refractivity contribution < 1.29 is 9.53 Å². The van der Waals surface area contributed by atoms with Gasteiger partial charge in [0.1, 0.15) is 5.75 Å². The van der Waals surface area contributed by atoms with Crippen molar-refractivity contribution in [2.45, 2.75) is 12.8 Å². The van der Waals surface area contributed by atoms with Crippen molar-refractivity contribution >= 4 is 5.78 Å². The molecule has 0 atom stereocenters. The van der Waals surface area contributed by atoms with Gasteiger partial charge in [-0.15, -0.1) is 0 Å². The average molecular weight is 283 g/mol. The SMILES string of the molecule is CNCCc1ccccc1C(=O)Cc1ccccc1OC. The average Bonchev–Trinajstić information content (AvgIpc) is 2.53. The lowest BCUT2D eigenvalue weighted by Gasteiger charge is -2.10. The van der Waals surface area contributed by atoms with E-state index < -0.39 is 0 Å². The highest BCUT2D eigenvalue weighted by Crippen LogP contribution is 2.20. The third-order valence-corrected chi connectivity index (χ3v) is 3.51. The number of ketones is 1. The summed E-state index contributed by atoms with van der Waals surface area (Å²) in [4.78, 5) is 12.6. The maximum Gasteiger partial charge on any atom is 0.167 e. The quantitative estimate of drug-likeness (QED) is 0.794. The molecule has 0 heterocycles. The number of nitrogens with one attached hydrogen (secondary N) is 1. The molecule has 0 radical (unpaired) electrons. The Hall–Kier alpha value is -2.13. The van der Waals surface area contributed by atoms with Crippen LogP contribution in [0.15, 0.2) is 48.5 Å². The van der Waals surface area contributed by atoms with Crippen LogP contribution in [0.1, 0.15) is 21.5 Å². The Kier molecular flexibility index (Phi) is 5.52. The minimum absolute atomic E-state index is 0.131. The van der Waals surface area contributed by atoms with Gasteiger partial charge in [0.25, 0.3) is 0 Å². The molecular weight excluding hydrogens is 262 g/mol. The smallest absolute Gasteiger partial charge is 0.167 e.